The molecule has 0 spiro atoms. The molecule has 0 saturated carbocycles. The topological polar surface area (TPSA) is 55.2 Å². The van der Waals surface area contributed by atoms with E-state index >= 15 is 0 Å². The minimum atomic E-state index is -0.371. The van der Waals surface area contributed by atoms with E-state index in [1.54, 1.807) is 12.1 Å². The van der Waals surface area contributed by atoms with Crippen LogP contribution in [-0.4, -0.2) is 11.6 Å². The highest BCUT2D eigenvalue weighted by atomic mass is 31.1. The summed E-state index contributed by atoms with van der Waals surface area (Å²) in [7, 11) is 0.750. The predicted molar refractivity (Wildman–Crippen MR) is 104 cm³/mol. The monoisotopic (exact) mass is 346 g/mol. The largest absolute Gasteiger partial charge is 0.303 e. The molecule has 0 saturated heterocycles. The van der Waals surface area contributed by atoms with Crippen LogP contribution in [0.5, 0.6) is 0 Å². The molecule has 0 fully saturated rings. The fourth-order valence-electron chi connectivity index (χ4n) is 2.33. The molecule has 0 radical (unpaired) electrons. The Bertz CT molecular complexity index is 630. The highest BCUT2D eigenvalue weighted by molar-refractivity contribution is 7.37. The molecular formula is C19H27N2O2P. The molecule has 0 bridgehead atoms. The van der Waals surface area contributed by atoms with Gasteiger partial charge in [0.05, 0.1) is 4.92 Å². The van der Waals surface area contributed by atoms with Gasteiger partial charge in [0.2, 0.25) is 0 Å². The zero-order chi connectivity index (χ0) is 17.9. The van der Waals surface area contributed by atoms with Crippen LogP contribution in [0, 0.1) is 10.1 Å². The summed E-state index contributed by atoms with van der Waals surface area (Å²) in [5.74, 6) is 0.321. The molecule has 0 aliphatic rings. The number of hydrogen-bond acceptors (Lipinski definition) is 3. The molecule has 2 unspecified atom stereocenters. The number of non-ortho nitro benzene ring substituents is 1. The van der Waals surface area contributed by atoms with Gasteiger partial charge in [-0.3, -0.25) is 10.1 Å². The summed E-state index contributed by atoms with van der Waals surface area (Å²) in [5.41, 5.74) is 3.84. The van der Waals surface area contributed by atoms with Gasteiger partial charge in [-0.1, -0.05) is 57.2 Å². The van der Waals surface area contributed by atoms with Crippen molar-refractivity contribution in [1.29, 1.82) is 0 Å². The fourth-order valence-corrected chi connectivity index (χ4v) is 3.15. The molecule has 5 heteroatoms. The van der Waals surface area contributed by atoms with E-state index in [-0.39, 0.29) is 10.6 Å². The van der Waals surface area contributed by atoms with Gasteiger partial charge in [-0.05, 0) is 29.8 Å². The van der Waals surface area contributed by atoms with Gasteiger partial charge in [0.25, 0.3) is 5.69 Å². The second-order valence-electron chi connectivity index (χ2n) is 5.12. The van der Waals surface area contributed by atoms with Crippen molar-refractivity contribution >= 4 is 14.3 Å². The van der Waals surface area contributed by atoms with Crippen LogP contribution in [-0.2, 0) is 13.0 Å². The van der Waals surface area contributed by atoms with Crippen molar-refractivity contribution in [2.24, 2.45) is 0 Å². The Hall–Kier alpha value is -1.77. The molecule has 130 valence electrons. The van der Waals surface area contributed by atoms with Gasteiger partial charge >= 0.3 is 0 Å². The lowest BCUT2D eigenvalue weighted by Gasteiger charge is -2.18. The first-order valence-electron chi connectivity index (χ1n) is 8.37. The first kappa shape index (κ1) is 20.3. The molecule has 0 aromatic heterocycles. The lowest BCUT2D eigenvalue weighted by Crippen LogP contribution is -2.17. The number of nitro benzene ring substituents is 1. The summed E-state index contributed by atoms with van der Waals surface area (Å²) >= 11 is 0. The number of nitrogens with zero attached hydrogens (tertiary/aromatic N) is 1. The van der Waals surface area contributed by atoms with Crippen molar-refractivity contribution in [2.45, 2.75) is 39.5 Å². The maximum Gasteiger partial charge on any atom is 0.269 e. The molecule has 2 aromatic rings. The maximum absolute atomic E-state index is 10.7. The first-order valence-corrected chi connectivity index (χ1v) is 9.94. The van der Waals surface area contributed by atoms with Crippen LogP contribution in [0.15, 0.2) is 48.5 Å². The van der Waals surface area contributed by atoms with Crippen LogP contribution >= 0.6 is 8.58 Å². The number of aryl methyl sites for hydroxylation is 1. The fraction of sp³-hybridized carbons (Fsp3) is 0.368. The zero-order valence-electron chi connectivity index (χ0n) is 14.9. The molecular weight excluding hydrogens is 319 g/mol. The molecule has 0 aliphatic carbocycles. The molecule has 0 aliphatic heterocycles. The molecule has 0 amide bonds. The van der Waals surface area contributed by atoms with Crippen molar-refractivity contribution < 1.29 is 4.92 Å². The normalized spacial score (nSPS) is 11.8. The third-order valence-corrected chi connectivity index (χ3v) is 4.75. The molecule has 2 aromatic carbocycles. The van der Waals surface area contributed by atoms with Gasteiger partial charge < -0.3 is 5.32 Å². The van der Waals surface area contributed by atoms with E-state index in [4.69, 9.17) is 0 Å². The highest BCUT2D eigenvalue weighted by Gasteiger charge is 2.10. The lowest BCUT2D eigenvalue weighted by atomic mass is 10.1. The van der Waals surface area contributed by atoms with E-state index in [9.17, 15) is 10.1 Å². The SMILES string of the molecule is CC.CCc1cccc(C(NCc2ccc([N+](=O)[O-])cc2)PC)c1. The Labute approximate surface area is 146 Å². The number of benzene rings is 2. The molecule has 4 nitrogen and oxygen atoms in total. The minimum absolute atomic E-state index is 0.133. The average Bonchev–Trinajstić information content (AvgIpc) is 2.64. The predicted octanol–water partition coefficient (Wildman–Crippen LogP) is 5.28. The van der Waals surface area contributed by atoms with Crippen molar-refractivity contribution in [3.05, 3.63) is 75.3 Å². The van der Waals surface area contributed by atoms with E-state index in [0.29, 0.717) is 12.3 Å². The summed E-state index contributed by atoms with van der Waals surface area (Å²) in [4.78, 5) is 10.3. The van der Waals surface area contributed by atoms with Crippen LogP contribution in [0.4, 0.5) is 5.69 Å². The highest BCUT2D eigenvalue weighted by Crippen LogP contribution is 2.30. The van der Waals surface area contributed by atoms with Crippen molar-refractivity contribution in [1.82, 2.24) is 5.32 Å². The van der Waals surface area contributed by atoms with Crippen molar-refractivity contribution in [3.8, 4) is 0 Å². The summed E-state index contributed by atoms with van der Waals surface area (Å²) in [5, 5.41) is 14.2. The van der Waals surface area contributed by atoms with Crippen LogP contribution < -0.4 is 5.32 Å². The van der Waals surface area contributed by atoms with E-state index in [1.807, 2.05) is 26.0 Å². The number of hydrogen-bond donors (Lipinski definition) is 1. The molecule has 2 atom stereocenters. The number of nitro groups is 1. The number of rotatable bonds is 7. The van der Waals surface area contributed by atoms with Crippen LogP contribution in [0.1, 0.15) is 43.2 Å². The van der Waals surface area contributed by atoms with Gasteiger partial charge in [0, 0.05) is 24.5 Å². The average molecular weight is 346 g/mol. The Kier molecular flexibility index (Phi) is 9.21. The third kappa shape index (κ3) is 6.03. The minimum Gasteiger partial charge on any atom is -0.303 e. The summed E-state index contributed by atoms with van der Waals surface area (Å²) in [6.45, 7) is 9.05. The standard InChI is InChI=1S/C17H21N2O2P.C2H6/c1-3-13-5-4-6-15(11-13)17(22-2)18-12-14-7-9-16(10-8-14)19(20)21;1-2/h4-11,17-18,22H,3,12H2,1-2H3;1-2H3. The molecule has 2 rings (SSSR count). The third-order valence-electron chi connectivity index (χ3n) is 3.64. The summed E-state index contributed by atoms with van der Waals surface area (Å²) < 4.78 is 0. The van der Waals surface area contributed by atoms with Crippen LogP contribution in [0.25, 0.3) is 0 Å². The van der Waals surface area contributed by atoms with Gasteiger partial charge in [-0.15, -0.1) is 8.58 Å². The Morgan fingerprint density at radius 1 is 1.12 bits per heavy atom. The van der Waals surface area contributed by atoms with Crippen LogP contribution in [0.2, 0.25) is 0 Å². The van der Waals surface area contributed by atoms with Gasteiger partial charge in [-0.25, -0.2) is 0 Å². The Balaban J connectivity index is 0.00000139. The van der Waals surface area contributed by atoms with E-state index in [0.717, 1.165) is 20.6 Å². The van der Waals surface area contributed by atoms with Crippen LogP contribution in [0.3, 0.4) is 0 Å². The summed E-state index contributed by atoms with van der Waals surface area (Å²) in [6, 6.07) is 15.4. The zero-order valence-corrected chi connectivity index (χ0v) is 15.9. The second kappa shape index (κ2) is 10.9. The van der Waals surface area contributed by atoms with Gasteiger partial charge in [0.15, 0.2) is 0 Å². The lowest BCUT2D eigenvalue weighted by molar-refractivity contribution is -0.384. The van der Waals surface area contributed by atoms with E-state index in [1.165, 1.54) is 11.1 Å². The Morgan fingerprint density at radius 3 is 2.33 bits per heavy atom. The first-order chi connectivity index (χ1) is 11.6. The van der Waals surface area contributed by atoms with E-state index in [2.05, 4.69) is 43.2 Å². The van der Waals surface area contributed by atoms with Crippen molar-refractivity contribution in [2.75, 3.05) is 6.66 Å². The summed E-state index contributed by atoms with van der Waals surface area (Å²) in [6.07, 6.45) is 1.04. The second-order valence-corrected chi connectivity index (χ2v) is 6.28. The van der Waals surface area contributed by atoms with Gasteiger partial charge in [0.1, 0.15) is 0 Å². The molecule has 1 N–H and O–H groups in total. The molecule has 0 heterocycles. The maximum atomic E-state index is 10.7. The quantitative estimate of drug-likeness (QED) is 0.421. The van der Waals surface area contributed by atoms with Gasteiger partial charge in [-0.2, -0.15) is 0 Å². The number of nitrogens with one attached hydrogen (secondary N) is 1. The Morgan fingerprint density at radius 2 is 1.79 bits per heavy atom. The smallest absolute Gasteiger partial charge is 0.269 e. The molecule has 24 heavy (non-hydrogen) atoms. The van der Waals surface area contributed by atoms with E-state index < -0.39 is 0 Å². The van der Waals surface area contributed by atoms with Crippen molar-refractivity contribution in [3.63, 3.8) is 0 Å².